The van der Waals surface area contributed by atoms with E-state index in [9.17, 15) is 10.5 Å². The van der Waals surface area contributed by atoms with Crippen LogP contribution in [-0.2, 0) is 0 Å². The molecule has 0 saturated carbocycles. The molecule has 4 heteroatoms. The van der Waals surface area contributed by atoms with E-state index in [1.807, 2.05) is 41.5 Å². The molecule has 0 fully saturated rings. The number of hydrogen-bond acceptors (Lipinski definition) is 4. The summed E-state index contributed by atoms with van der Waals surface area (Å²) in [5, 5.41) is 25.9. The first-order chi connectivity index (χ1) is 12.3. The molecule has 0 aromatic heterocycles. The van der Waals surface area contributed by atoms with Gasteiger partial charge < -0.3 is 10.6 Å². The Kier molecular flexibility index (Phi) is 5.90. The smallest absolute Gasteiger partial charge is 0.148 e. The molecule has 2 aromatic rings. The van der Waals surface area contributed by atoms with Crippen molar-refractivity contribution in [3.8, 4) is 12.1 Å². The van der Waals surface area contributed by atoms with Crippen molar-refractivity contribution in [2.45, 2.75) is 53.6 Å². The van der Waals surface area contributed by atoms with Gasteiger partial charge in [-0.3, -0.25) is 0 Å². The van der Waals surface area contributed by atoms with Crippen LogP contribution in [0.15, 0.2) is 24.3 Å². The molecule has 2 atom stereocenters. The van der Waals surface area contributed by atoms with Crippen molar-refractivity contribution >= 4 is 11.4 Å². The van der Waals surface area contributed by atoms with Gasteiger partial charge in [0.1, 0.15) is 12.1 Å². The third kappa shape index (κ3) is 4.16. The van der Waals surface area contributed by atoms with Gasteiger partial charge in [0.25, 0.3) is 0 Å². The molecular weight excluding hydrogens is 320 g/mol. The molecule has 0 aliphatic carbocycles. The van der Waals surface area contributed by atoms with Crippen molar-refractivity contribution in [3.05, 3.63) is 57.6 Å². The summed E-state index contributed by atoms with van der Waals surface area (Å²) in [6.45, 7) is 12.2. The maximum atomic E-state index is 9.68. The number of aryl methyl sites for hydroxylation is 6. The highest BCUT2D eigenvalue weighted by Crippen LogP contribution is 2.26. The van der Waals surface area contributed by atoms with Gasteiger partial charge in [-0.25, -0.2) is 0 Å². The maximum Gasteiger partial charge on any atom is 0.148 e. The van der Waals surface area contributed by atoms with Crippen LogP contribution in [0.25, 0.3) is 0 Å². The molecule has 4 nitrogen and oxygen atoms in total. The van der Waals surface area contributed by atoms with Crippen LogP contribution in [-0.4, -0.2) is 12.1 Å². The highest BCUT2D eigenvalue weighted by atomic mass is 15.0. The fraction of sp³-hybridized carbons (Fsp3) is 0.364. The van der Waals surface area contributed by atoms with Crippen LogP contribution >= 0.6 is 0 Å². The van der Waals surface area contributed by atoms with E-state index in [2.05, 4.69) is 47.0 Å². The second-order valence-corrected chi connectivity index (χ2v) is 7.05. The number of rotatable bonds is 5. The quantitative estimate of drug-likeness (QED) is 0.812. The van der Waals surface area contributed by atoms with Crippen LogP contribution in [0.5, 0.6) is 0 Å². The average molecular weight is 346 g/mol. The van der Waals surface area contributed by atoms with Gasteiger partial charge >= 0.3 is 0 Å². The number of nitrogens with one attached hydrogen (secondary N) is 2. The minimum atomic E-state index is -0.666. The van der Waals surface area contributed by atoms with Crippen LogP contribution < -0.4 is 10.6 Å². The lowest BCUT2D eigenvalue weighted by atomic mass is 10.0. The predicted molar refractivity (Wildman–Crippen MR) is 107 cm³/mol. The summed E-state index contributed by atoms with van der Waals surface area (Å²) in [5.41, 5.74) is 8.48. The zero-order chi connectivity index (χ0) is 19.4. The highest BCUT2D eigenvalue weighted by molar-refractivity contribution is 5.62. The molecular formula is C22H26N4. The van der Waals surface area contributed by atoms with Gasteiger partial charge in [0.2, 0.25) is 0 Å². The predicted octanol–water partition coefficient (Wildman–Crippen LogP) is 4.85. The van der Waals surface area contributed by atoms with Crippen molar-refractivity contribution in [2.75, 3.05) is 10.6 Å². The number of hydrogen-bond donors (Lipinski definition) is 2. The van der Waals surface area contributed by atoms with E-state index < -0.39 is 12.1 Å². The second kappa shape index (κ2) is 7.93. The molecule has 26 heavy (non-hydrogen) atoms. The molecule has 2 aromatic carbocycles. The molecule has 0 heterocycles. The summed E-state index contributed by atoms with van der Waals surface area (Å²) in [4.78, 5) is 0. The number of benzene rings is 2. The Hall–Kier alpha value is -2.98. The zero-order valence-corrected chi connectivity index (χ0v) is 16.4. The fourth-order valence-corrected chi connectivity index (χ4v) is 3.51. The van der Waals surface area contributed by atoms with E-state index in [0.717, 1.165) is 33.6 Å². The number of nitrogens with zero attached hydrogens (tertiary/aromatic N) is 2. The molecule has 0 spiro atoms. The SMILES string of the molecule is Cc1cc(C)c(NC(C#N)C(C#N)Nc2c(C)cc(C)cc2C)c(C)c1. The van der Waals surface area contributed by atoms with Crippen molar-refractivity contribution < 1.29 is 0 Å². The van der Waals surface area contributed by atoms with Crippen LogP contribution in [0.3, 0.4) is 0 Å². The lowest BCUT2D eigenvalue weighted by Crippen LogP contribution is -2.38. The first kappa shape index (κ1) is 19.3. The second-order valence-electron chi connectivity index (χ2n) is 7.05. The molecule has 0 saturated heterocycles. The molecule has 0 amide bonds. The van der Waals surface area contributed by atoms with Gasteiger partial charge in [-0.05, 0) is 63.8 Å². The van der Waals surface area contributed by atoms with E-state index in [1.165, 1.54) is 11.1 Å². The van der Waals surface area contributed by atoms with Gasteiger partial charge in [0, 0.05) is 11.4 Å². The summed E-state index contributed by atoms with van der Waals surface area (Å²) in [7, 11) is 0. The van der Waals surface area contributed by atoms with Crippen LogP contribution in [0.2, 0.25) is 0 Å². The van der Waals surface area contributed by atoms with E-state index in [1.54, 1.807) is 0 Å². The van der Waals surface area contributed by atoms with Crippen molar-refractivity contribution in [1.29, 1.82) is 10.5 Å². The Bertz CT molecular complexity index is 778. The van der Waals surface area contributed by atoms with Crippen LogP contribution in [0.1, 0.15) is 33.4 Å². The standard InChI is InChI=1S/C22H26N4/c1-13-7-15(3)21(16(4)8-13)25-19(11-23)20(12-24)26-22-17(5)9-14(2)10-18(22)6/h7-10,19-20,25-26H,1-6H3. The van der Waals surface area contributed by atoms with Gasteiger partial charge in [0.15, 0.2) is 0 Å². The summed E-state index contributed by atoms with van der Waals surface area (Å²) in [5.74, 6) is 0. The van der Waals surface area contributed by atoms with E-state index >= 15 is 0 Å². The zero-order valence-electron chi connectivity index (χ0n) is 16.4. The van der Waals surface area contributed by atoms with Gasteiger partial charge in [-0.1, -0.05) is 35.4 Å². The molecule has 0 radical (unpaired) electrons. The first-order valence-electron chi connectivity index (χ1n) is 8.74. The fourth-order valence-electron chi connectivity index (χ4n) is 3.51. The Morgan fingerprint density at radius 3 is 1.12 bits per heavy atom. The van der Waals surface area contributed by atoms with E-state index in [0.29, 0.717) is 0 Å². The van der Waals surface area contributed by atoms with Crippen molar-refractivity contribution in [2.24, 2.45) is 0 Å². The third-order valence-corrected chi connectivity index (χ3v) is 4.57. The third-order valence-electron chi connectivity index (χ3n) is 4.57. The Morgan fingerprint density at radius 1 is 0.615 bits per heavy atom. The number of nitriles is 2. The molecule has 0 aliphatic heterocycles. The monoisotopic (exact) mass is 346 g/mol. The topological polar surface area (TPSA) is 71.6 Å². The minimum absolute atomic E-state index is 0.666. The largest absolute Gasteiger partial charge is 0.367 e. The lowest BCUT2D eigenvalue weighted by molar-refractivity contribution is 0.807. The molecule has 2 N–H and O–H groups in total. The summed E-state index contributed by atoms with van der Waals surface area (Å²) in [6.07, 6.45) is 0. The molecule has 0 bridgehead atoms. The van der Waals surface area contributed by atoms with E-state index in [4.69, 9.17) is 0 Å². The molecule has 0 aliphatic rings. The van der Waals surface area contributed by atoms with Gasteiger partial charge in [-0.15, -0.1) is 0 Å². The van der Waals surface area contributed by atoms with Crippen molar-refractivity contribution in [1.82, 2.24) is 0 Å². The van der Waals surface area contributed by atoms with Crippen LogP contribution in [0.4, 0.5) is 11.4 Å². The Morgan fingerprint density at radius 2 is 0.885 bits per heavy atom. The minimum Gasteiger partial charge on any atom is -0.367 e. The van der Waals surface area contributed by atoms with Gasteiger partial charge in [0.05, 0.1) is 12.1 Å². The normalized spacial score (nSPS) is 12.6. The van der Waals surface area contributed by atoms with E-state index in [-0.39, 0.29) is 0 Å². The Labute approximate surface area is 156 Å². The lowest BCUT2D eigenvalue weighted by Gasteiger charge is -2.24. The highest BCUT2D eigenvalue weighted by Gasteiger charge is 2.23. The first-order valence-corrected chi connectivity index (χ1v) is 8.74. The average Bonchev–Trinajstić information content (AvgIpc) is 2.54. The van der Waals surface area contributed by atoms with Crippen molar-refractivity contribution in [3.63, 3.8) is 0 Å². The Balaban J connectivity index is 2.32. The molecule has 134 valence electrons. The summed E-state index contributed by atoms with van der Waals surface area (Å²) in [6, 6.07) is 11.5. The number of anilines is 2. The summed E-state index contributed by atoms with van der Waals surface area (Å²) < 4.78 is 0. The molecule has 2 rings (SSSR count). The maximum absolute atomic E-state index is 9.68. The van der Waals surface area contributed by atoms with Crippen LogP contribution in [0, 0.1) is 64.2 Å². The summed E-state index contributed by atoms with van der Waals surface area (Å²) >= 11 is 0. The van der Waals surface area contributed by atoms with Gasteiger partial charge in [-0.2, -0.15) is 10.5 Å². The molecule has 2 unspecified atom stereocenters.